The second-order valence-electron chi connectivity index (χ2n) is 6.33. The van der Waals surface area contributed by atoms with E-state index in [4.69, 9.17) is 4.42 Å². The SMILES string of the molecule is CC1Cc2ccccc2N1Cc1ccoc1CNC1CC1. The molecule has 0 spiro atoms. The highest BCUT2D eigenvalue weighted by Gasteiger charge is 2.27. The van der Waals surface area contributed by atoms with E-state index in [1.165, 1.54) is 29.7 Å². The molecule has 1 saturated carbocycles. The van der Waals surface area contributed by atoms with E-state index in [0.29, 0.717) is 6.04 Å². The lowest BCUT2D eigenvalue weighted by atomic mass is 10.1. The maximum absolute atomic E-state index is 5.69. The zero-order valence-electron chi connectivity index (χ0n) is 12.5. The summed E-state index contributed by atoms with van der Waals surface area (Å²) in [7, 11) is 0. The minimum absolute atomic E-state index is 0.557. The molecule has 110 valence electrons. The Hall–Kier alpha value is -1.74. The summed E-state index contributed by atoms with van der Waals surface area (Å²) < 4.78 is 5.69. The number of hydrogen-bond donors (Lipinski definition) is 1. The van der Waals surface area contributed by atoms with Gasteiger partial charge in [-0.15, -0.1) is 0 Å². The number of hydrogen-bond acceptors (Lipinski definition) is 3. The van der Waals surface area contributed by atoms with E-state index in [1.54, 1.807) is 0 Å². The molecule has 0 radical (unpaired) electrons. The Morgan fingerprint density at radius 1 is 1.24 bits per heavy atom. The van der Waals surface area contributed by atoms with Crippen LogP contribution in [-0.4, -0.2) is 12.1 Å². The summed E-state index contributed by atoms with van der Waals surface area (Å²) in [4.78, 5) is 2.50. The van der Waals surface area contributed by atoms with E-state index in [9.17, 15) is 0 Å². The van der Waals surface area contributed by atoms with Crippen molar-refractivity contribution < 1.29 is 4.42 Å². The lowest BCUT2D eigenvalue weighted by molar-refractivity contribution is 0.476. The Labute approximate surface area is 126 Å². The summed E-state index contributed by atoms with van der Waals surface area (Å²) in [6.45, 7) is 4.11. The number of rotatable bonds is 5. The summed E-state index contributed by atoms with van der Waals surface area (Å²) >= 11 is 0. The minimum atomic E-state index is 0.557. The molecule has 1 N–H and O–H groups in total. The van der Waals surface area contributed by atoms with Crippen LogP contribution in [0, 0.1) is 0 Å². The maximum atomic E-state index is 5.69. The van der Waals surface area contributed by atoms with Gasteiger partial charge in [0.25, 0.3) is 0 Å². The van der Waals surface area contributed by atoms with Crippen LogP contribution in [0.1, 0.15) is 36.7 Å². The van der Waals surface area contributed by atoms with Gasteiger partial charge in [0, 0.05) is 29.9 Å². The summed E-state index contributed by atoms with van der Waals surface area (Å²) in [5.41, 5.74) is 4.16. The van der Waals surface area contributed by atoms with Gasteiger partial charge in [0.15, 0.2) is 0 Å². The van der Waals surface area contributed by atoms with Crippen molar-refractivity contribution in [2.24, 2.45) is 0 Å². The van der Waals surface area contributed by atoms with Gasteiger partial charge in [-0.25, -0.2) is 0 Å². The number of nitrogens with one attached hydrogen (secondary N) is 1. The number of benzene rings is 1. The molecule has 1 aromatic carbocycles. The van der Waals surface area contributed by atoms with Gasteiger partial charge in [-0.1, -0.05) is 18.2 Å². The molecule has 21 heavy (non-hydrogen) atoms. The Kier molecular flexibility index (Phi) is 3.23. The second-order valence-corrected chi connectivity index (χ2v) is 6.33. The van der Waals surface area contributed by atoms with Gasteiger partial charge in [-0.05, 0) is 43.9 Å². The number of para-hydroxylation sites is 1. The zero-order valence-corrected chi connectivity index (χ0v) is 12.5. The molecular formula is C18H22N2O. The van der Waals surface area contributed by atoms with E-state index in [1.807, 2.05) is 6.26 Å². The first-order chi connectivity index (χ1) is 10.3. The molecule has 1 aliphatic heterocycles. The highest BCUT2D eigenvalue weighted by Crippen LogP contribution is 2.33. The van der Waals surface area contributed by atoms with Gasteiger partial charge in [-0.3, -0.25) is 0 Å². The van der Waals surface area contributed by atoms with Crippen LogP contribution >= 0.6 is 0 Å². The van der Waals surface area contributed by atoms with Crippen molar-refractivity contribution in [2.75, 3.05) is 4.90 Å². The lowest BCUT2D eigenvalue weighted by Gasteiger charge is -2.24. The molecule has 2 aromatic rings. The smallest absolute Gasteiger partial charge is 0.122 e. The Morgan fingerprint density at radius 3 is 2.95 bits per heavy atom. The van der Waals surface area contributed by atoms with Crippen molar-refractivity contribution >= 4 is 5.69 Å². The van der Waals surface area contributed by atoms with E-state index in [0.717, 1.165) is 31.3 Å². The fourth-order valence-electron chi connectivity index (χ4n) is 3.24. The molecule has 2 heterocycles. The molecule has 0 amide bonds. The predicted octanol–water partition coefficient (Wildman–Crippen LogP) is 3.48. The second kappa shape index (κ2) is 5.23. The average molecular weight is 282 g/mol. The molecule has 1 aromatic heterocycles. The molecule has 1 aliphatic carbocycles. The Balaban J connectivity index is 1.52. The van der Waals surface area contributed by atoms with E-state index < -0.39 is 0 Å². The Morgan fingerprint density at radius 2 is 2.10 bits per heavy atom. The minimum Gasteiger partial charge on any atom is -0.468 e. The first-order valence-corrected chi connectivity index (χ1v) is 7.94. The van der Waals surface area contributed by atoms with Crippen LogP contribution in [0.4, 0.5) is 5.69 Å². The molecule has 3 nitrogen and oxygen atoms in total. The fraction of sp³-hybridized carbons (Fsp3) is 0.444. The molecule has 2 aliphatic rings. The van der Waals surface area contributed by atoms with Crippen LogP contribution in [0.5, 0.6) is 0 Å². The van der Waals surface area contributed by atoms with Crippen molar-refractivity contribution in [1.29, 1.82) is 0 Å². The van der Waals surface area contributed by atoms with Crippen LogP contribution in [0.15, 0.2) is 41.0 Å². The van der Waals surface area contributed by atoms with Crippen molar-refractivity contribution in [1.82, 2.24) is 5.32 Å². The fourth-order valence-corrected chi connectivity index (χ4v) is 3.24. The third kappa shape index (κ3) is 2.58. The van der Waals surface area contributed by atoms with E-state index >= 15 is 0 Å². The summed E-state index contributed by atoms with van der Waals surface area (Å²) in [6.07, 6.45) is 5.59. The van der Waals surface area contributed by atoms with Crippen LogP contribution in [0.25, 0.3) is 0 Å². The number of furan rings is 1. The molecule has 0 saturated heterocycles. The third-order valence-corrected chi connectivity index (χ3v) is 4.66. The number of nitrogens with zero attached hydrogens (tertiary/aromatic N) is 1. The van der Waals surface area contributed by atoms with Crippen LogP contribution < -0.4 is 10.2 Å². The normalized spacial score (nSPS) is 20.8. The van der Waals surface area contributed by atoms with Gasteiger partial charge in [-0.2, -0.15) is 0 Å². The van der Waals surface area contributed by atoms with Gasteiger partial charge >= 0.3 is 0 Å². The molecule has 1 unspecified atom stereocenters. The third-order valence-electron chi connectivity index (χ3n) is 4.66. The number of anilines is 1. The molecule has 4 rings (SSSR count). The summed E-state index contributed by atoms with van der Waals surface area (Å²) in [5, 5.41) is 3.54. The topological polar surface area (TPSA) is 28.4 Å². The highest BCUT2D eigenvalue weighted by atomic mass is 16.3. The molecule has 0 bridgehead atoms. The van der Waals surface area contributed by atoms with Crippen LogP contribution in [-0.2, 0) is 19.5 Å². The molecule has 1 atom stereocenters. The highest BCUT2D eigenvalue weighted by molar-refractivity contribution is 5.59. The maximum Gasteiger partial charge on any atom is 0.122 e. The van der Waals surface area contributed by atoms with Gasteiger partial charge < -0.3 is 14.6 Å². The van der Waals surface area contributed by atoms with Crippen molar-refractivity contribution in [2.45, 2.75) is 51.4 Å². The predicted molar refractivity (Wildman–Crippen MR) is 84.4 cm³/mol. The largest absolute Gasteiger partial charge is 0.468 e. The van der Waals surface area contributed by atoms with Gasteiger partial charge in [0.1, 0.15) is 5.76 Å². The molecule has 1 fully saturated rings. The van der Waals surface area contributed by atoms with Gasteiger partial charge in [0.05, 0.1) is 12.8 Å². The quantitative estimate of drug-likeness (QED) is 0.910. The van der Waals surface area contributed by atoms with E-state index in [-0.39, 0.29) is 0 Å². The van der Waals surface area contributed by atoms with Crippen LogP contribution in [0.2, 0.25) is 0 Å². The van der Waals surface area contributed by atoms with Gasteiger partial charge in [0.2, 0.25) is 0 Å². The van der Waals surface area contributed by atoms with E-state index in [2.05, 4.69) is 47.5 Å². The first-order valence-electron chi connectivity index (χ1n) is 7.94. The van der Waals surface area contributed by atoms with Crippen molar-refractivity contribution in [3.63, 3.8) is 0 Å². The Bertz CT molecular complexity index is 630. The summed E-state index contributed by atoms with van der Waals surface area (Å²) in [5.74, 6) is 1.10. The van der Waals surface area contributed by atoms with Crippen molar-refractivity contribution in [3.05, 3.63) is 53.5 Å². The summed E-state index contributed by atoms with van der Waals surface area (Å²) in [6, 6.07) is 12.2. The number of fused-ring (bicyclic) bond motifs is 1. The average Bonchev–Trinajstić information content (AvgIpc) is 3.13. The van der Waals surface area contributed by atoms with Crippen molar-refractivity contribution in [3.8, 4) is 0 Å². The first kappa shape index (κ1) is 13.0. The molecule has 3 heteroatoms. The van der Waals surface area contributed by atoms with Crippen LogP contribution in [0.3, 0.4) is 0 Å². The zero-order chi connectivity index (χ0) is 14.2. The lowest BCUT2D eigenvalue weighted by Crippen LogP contribution is -2.29. The molecular weight excluding hydrogens is 260 g/mol. The standard InChI is InChI=1S/C18H22N2O/c1-13-10-14-4-2-3-5-17(14)20(13)12-15-8-9-21-18(15)11-19-16-6-7-16/h2-5,8-9,13,16,19H,6-7,10-12H2,1H3. The monoisotopic (exact) mass is 282 g/mol.